The Kier molecular flexibility index (Phi) is 7.15. The van der Waals surface area contributed by atoms with E-state index in [1.807, 2.05) is 24.3 Å². The standard InChI is InChI=1S/C20H24N2O4S/c1-15(2)22-27(24,25)19-9-5-7-17(13-19)14-21-20(23)11-10-16-6-4-8-18(12-16)26-3/h4-13,15,22H,14H2,1-3H3,(H,21,23)/b11-10+. The van der Waals surface area contributed by atoms with E-state index >= 15 is 0 Å². The highest BCUT2D eigenvalue weighted by molar-refractivity contribution is 7.89. The zero-order valence-corrected chi connectivity index (χ0v) is 16.4. The van der Waals surface area contributed by atoms with E-state index in [2.05, 4.69) is 10.0 Å². The monoisotopic (exact) mass is 388 g/mol. The summed E-state index contributed by atoms with van der Waals surface area (Å²) in [5.74, 6) is 0.442. The lowest BCUT2D eigenvalue weighted by Gasteiger charge is -2.11. The zero-order valence-electron chi connectivity index (χ0n) is 15.6. The van der Waals surface area contributed by atoms with E-state index in [0.717, 1.165) is 5.56 Å². The molecule has 2 rings (SSSR count). The van der Waals surface area contributed by atoms with E-state index in [0.29, 0.717) is 11.3 Å². The van der Waals surface area contributed by atoms with Gasteiger partial charge in [-0.1, -0.05) is 24.3 Å². The molecule has 0 heterocycles. The Hall–Kier alpha value is -2.64. The molecule has 0 spiro atoms. The lowest BCUT2D eigenvalue weighted by atomic mass is 10.2. The van der Waals surface area contributed by atoms with Crippen LogP contribution in [-0.4, -0.2) is 27.5 Å². The maximum atomic E-state index is 12.2. The maximum Gasteiger partial charge on any atom is 0.244 e. The van der Waals surface area contributed by atoms with Crippen molar-refractivity contribution in [2.75, 3.05) is 7.11 Å². The summed E-state index contributed by atoms with van der Waals surface area (Å²) in [6.45, 7) is 3.75. The summed E-state index contributed by atoms with van der Waals surface area (Å²) < 4.78 is 32.1. The number of carbonyl (C=O) groups excluding carboxylic acids is 1. The van der Waals surface area contributed by atoms with Gasteiger partial charge in [0.1, 0.15) is 5.75 Å². The van der Waals surface area contributed by atoms with E-state index in [1.54, 1.807) is 45.2 Å². The molecule has 2 aromatic carbocycles. The van der Waals surface area contributed by atoms with Crippen LogP contribution in [0.3, 0.4) is 0 Å². The number of sulfonamides is 1. The molecule has 0 saturated carbocycles. The van der Waals surface area contributed by atoms with Crippen molar-refractivity contribution in [1.29, 1.82) is 0 Å². The summed E-state index contributed by atoms with van der Waals surface area (Å²) in [5.41, 5.74) is 1.54. The molecule has 144 valence electrons. The van der Waals surface area contributed by atoms with Gasteiger partial charge in [0.15, 0.2) is 0 Å². The molecule has 0 aliphatic rings. The van der Waals surface area contributed by atoms with Gasteiger partial charge in [-0.2, -0.15) is 0 Å². The minimum atomic E-state index is -3.56. The van der Waals surface area contributed by atoms with Crippen molar-refractivity contribution in [3.8, 4) is 5.75 Å². The van der Waals surface area contributed by atoms with Gasteiger partial charge in [0.05, 0.1) is 12.0 Å². The van der Waals surface area contributed by atoms with Gasteiger partial charge >= 0.3 is 0 Å². The minimum Gasteiger partial charge on any atom is -0.497 e. The van der Waals surface area contributed by atoms with Gasteiger partial charge in [0.25, 0.3) is 0 Å². The summed E-state index contributed by atoms with van der Waals surface area (Å²) in [6, 6.07) is 13.7. The summed E-state index contributed by atoms with van der Waals surface area (Å²) in [5, 5.41) is 2.75. The normalized spacial score (nSPS) is 11.7. The Labute approximate surface area is 160 Å². The molecule has 6 nitrogen and oxygen atoms in total. The Bertz CT molecular complexity index is 921. The van der Waals surface area contributed by atoms with Crippen LogP contribution in [0, 0.1) is 0 Å². The number of hydrogen-bond donors (Lipinski definition) is 2. The molecule has 0 radical (unpaired) electrons. The number of carbonyl (C=O) groups is 1. The second kappa shape index (κ2) is 9.34. The van der Waals surface area contributed by atoms with Crippen LogP contribution in [0.15, 0.2) is 59.5 Å². The predicted molar refractivity (Wildman–Crippen MR) is 106 cm³/mol. The van der Waals surface area contributed by atoms with Gasteiger partial charge < -0.3 is 10.1 Å². The first kappa shape index (κ1) is 20.7. The van der Waals surface area contributed by atoms with Gasteiger partial charge in [-0.15, -0.1) is 0 Å². The third kappa shape index (κ3) is 6.54. The highest BCUT2D eigenvalue weighted by Crippen LogP contribution is 2.14. The van der Waals surface area contributed by atoms with Crippen molar-refractivity contribution in [3.05, 3.63) is 65.7 Å². The Morgan fingerprint density at radius 2 is 1.89 bits per heavy atom. The van der Waals surface area contributed by atoms with E-state index in [9.17, 15) is 13.2 Å². The third-order valence-corrected chi connectivity index (χ3v) is 5.24. The molecule has 2 aromatic rings. The summed E-state index contributed by atoms with van der Waals surface area (Å²) in [7, 11) is -1.98. The first-order valence-corrected chi connectivity index (χ1v) is 10.00. The van der Waals surface area contributed by atoms with Gasteiger partial charge in [-0.05, 0) is 55.3 Å². The molecule has 27 heavy (non-hydrogen) atoms. The SMILES string of the molecule is COc1cccc(/C=C/C(=O)NCc2cccc(S(=O)(=O)NC(C)C)c2)c1. The molecule has 0 unspecified atom stereocenters. The highest BCUT2D eigenvalue weighted by Gasteiger charge is 2.15. The van der Waals surface area contributed by atoms with Crippen molar-refractivity contribution < 1.29 is 17.9 Å². The Morgan fingerprint density at radius 1 is 1.15 bits per heavy atom. The van der Waals surface area contributed by atoms with E-state index in [1.165, 1.54) is 12.1 Å². The molecule has 0 bridgehead atoms. The van der Waals surface area contributed by atoms with Crippen LogP contribution in [0.4, 0.5) is 0 Å². The number of nitrogens with one attached hydrogen (secondary N) is 2. The summed E-state index contributed by atoms with van der Waals surface area (Å²) >= 11 is 0. The minimum absolute atomic E-state index is 0.176. The average Bonchev–Trinajstić information content (AvgIpc) is 2.64. The van der Waals surface area contributed by atoms with Crippen LogP contribution in [0.2, 0.25) is 0 Å². The van der Waals surface area contributed by atoms with Gasteiger partial charge in [0.2, 0.25) is 15.9 Å². The maximum absolute atomic E-state index is 12.2. The zero-order chi connectivity index (χ0) is 19.9. The molecule has 2 N–H and O–H groups in total. The molecule has 0 saturated heterocycles. The van der Waals surface area contributed by atoms with Crippen LogP contribution in [0.5, 0.6) is 5.75 Å². The average molecular weight is 388 g/mol. The predicted octanol–water partition coefficient (Wildman–Crippen LogP) is 2.71. The largest absolute Gasteiger partial charge is 0.497 e. The van der Waals surface area contributed by atoms with E-state index < -0.39 is 10.0 Å². The fourth-order valence-electron chi connectivity index (χ4n) is 2.37. The first-order chi connectivity index (χ1) is 12.8. The lowest BCUT2D eigenvalue weighted by Crippen LogP contribution is -2.30. The van der Waals surface area contributed by atoms with Crippen molar-refractivity contribution in [1.82, 2.24) is 10.0 Å². The third-order valence-electron chi connectivity index (χ3n) is 3.59. The number of methoxy groups -OCH3 is 1. The topological polar surface area (TPSA) is 84.5 Å². The van der Waals surface area contributed by atoms with E-state index in [4.69, 9.17) is 4.74 Å². The molecule has 0 aromatic heterocycles. The molecule has 0 aliphatic heterocycles. The lowest BCUT2D eigenvalue weighted by molar-refractivity contribution is -0.116. The Balaban J connectivity index is 1.99. The molecular weight excluding hydrogens is 364 g/mol. The van der Waals surface area contributed by atoms with E-state index in [-0.39, 0.29) is 23.4 Å². The molecule has 7 heteroatoms. The first-order valence-electron chi connectivity index (χ1n) is 8.51. The van der Waals surface area contributed by atoms with Crippen LogP contribution < -0.4 is 14.8 Å². The number of rotatable bonds is 8. The van der Waals surface area contributed by atoms with Gasteiger partial charge in [-0.25, -0.2) is 13.1 Å². The number of amides is 1. The van der Waals surface area contributed by atoms with Gasteiger partial charge in [-0.3, -0.25) is 4.79 Å². The summed E-state index contributed by atoms with van der Waals surface area (Å²) in [4.78, 5) is 12.2. The van der Waals surface area contributed by atoms with Gasteiger partial charge in [0, 0.05) is 18.7 Å². The molecule has 0 atom stereocenters. The van der Waals surface area contributed by atoms with Crippen LogP contribution in [-0.2, 0) is 21.4 Å². The van der Waals surface area contributed by atoms with Crippen molar-refractivity contribution in [3.63, 3.8) is 0 Å². The van der Waals surface area contributed by atoms with Crippen LogP contribution >= 0.6 is 0 Å². The fraction of sp³-hybridized carbons (Fsp3) is 0.250. The van der Waals surface area contributed by atoms with Crippen LogP contribution in [0.25, 0.3) is 6.08 Å². The highest BCUT2D eigenvalue weighted by atomic mass is 32.2. The Morgan fingerprint density at radius 3 is 2.59 bits per heavy atom. The molecule has 0 aliphatic carbocycles. The second-order valence-corrected chi connectivity index (χ2v) is 7.97. The number of benzene rings is 2. The van der Waals surface area contributed by atoms with Crippen LogP contribution in [0.1, 0.15) is 25.0 Å². The summed E-state index contributed by atoms with van der Waals surface area (Å²) in [6.07, 6.45) is 3.11. The smallest absolute Gasteiger partial charge is 0.244 e. The van der Waals surface area contributed by atoms with Crippen molar-refractivity contribution >= 4 is 22.0 Å². The molecule has 1 amide bonds. The van der Waals surface area contributed by atoms with Crippen molar-refractivity contribution in [2.24, 2.45) is 0 Å². The second-order valence-electron chi connectivity index (χ2n) is 6.25. The fourth-order valence-corrected chi connectivity index (χ4v) is 3.69. The molecule has 0 fully saturated rings. The van der Waals surface area contributed by atoms with Crippen molar-refractivity contribution in [2.45, 2.75) is 31.3 Å². The quantitative estimate of drug-likeness (QED) is 0.681. The number of hydrogen-bond acceptors (Lipinski definition) is 4. The molecular formula is C20H24N2O4S. The number of ether oxygens (including phenoxy) is 1.